The molecule has 3 heterocycles. The van der Waals surface area contributed by atoms with E-state index in [9.17, 15) is 4.79 Å². The van der Waals surface area contributed by atoms with Gasteiger partial charge >= 0.3 is 0 Å². The second kappa shape index (κ2) is 6.02. The largest absolute Gasteiger partial charge is 0.486 e. The van der Waals surface area contributed by atoms with Gasteiger partial charge in [-0.25, -0.2) is 4.98 Å². The highest BCUT2D eigenvalue weighted by Crippen LogP contribution is 2.33. The number of ether oxygens (including phenoxy) is 2. The van der Waals surface area contributed by atoms with E-state index < -0.39 is 0 Å². The summed E-state index contributed by atoms with van der Waals surface area (Å²) in [5.74, 6) is 1.16. The van der Waals surface area contributed by atoms with Gasteiger partial charge in [0.2, 0.25) is 5.71 Å². The van der Waals surface area contributed by atoms with Crippen LogP contribution in [-0.2, 0) is 0 Å². The summed E-state index contributed by atoms with van der Waals surface area (Å²) in [6, 6.07) is 15.0. The molecule has 0 radical (unpaired) electrons. The van der Waals surface area contributed by atoms with E-state index in [0.29, 0.717) is 36.1 Å². The number of nitrogens with zero attached hydrogens (tertiary/aromatic N) is 1. The number of furan rings is 1. The fraction of sp³-hybridized carbons (Fsp3) is 0.143. The minimum absolute atomic E-state index is 0.208. The Bertz CT molecular complexity index is 1200. The van der Waals surface area contributed by atoms with Gasteiger partial charge in [-0.1, -0.05) is 12.1 Å². The van der Waals surface area contributed by atoms with Crippen molar-refractivity contribution >= 4 is 33.6 Å². The van der Waals surface area contributed by atoms with Gasteiger partial charge in [0.05, 0.1) is 5.52 Å². The average Bonchev–Trinajstić information content (AvgIpc) is 3.09. The van der Waals surface area contributed by atoms with E-state index in [0.717, 1.165) is 21.9 Å². The molecule has 27 heavy (non-hydrogen) atoms. The van der Waals surface area contributed by atoms with Gasteiger partial charge in [0.1, 0.15) is 13.2 Å². The third-order valence-electron chi connectivity index (χ3n) is 4.48. The van der Waals surface area contributed by atoms with E-state index in [4.69, 9.17) is 13.9 Å². The van der Waals surface area contributed by atoms with Crippen LogP contribution in [0.3, 0.4) is 0 Å². The van der Waals surface area contributed by atoms with Crippen molar-refractivity contribution in [3.8, 4) is 11.5 Å². The molecule has 6 nitrogen and oxygen atoms in total. The van der Waals surface area contributed by atoms with E-state index in [2.05, 4.69) is 10.3 Å². The molecule has 134 valence electrons. The Kier molecular flexibility index (Phi) is 3.50. The lowest BCUT2D eigenvalue weighted by Gasteiger charge is -2.18. The quantitative estimate of drug-likeness (QED) is 0.576. The van der Waals surface area contributed by atoms with E-state index >= 15 is 0 Å². The van der Waals surface area contributed by atoms with Gasteiger partial charge in [-0.15, -0.1) is 0 Å². The Balaban J connectivity index is 1.45. The maximum atomic E-state index is 12.6. The predicted molar refractivity (Wildman–Crippen MR) is 102 cm³/mol. The third kappa shape index (κ3) is 2.85. The number of anilines is 1. The normalized spacial score (nSPS) is 13.1. The molecule has 2 aromatic carbocycles. The number of aryl methyl sites for hydroxylation is 1. The number of rotatable bonds is 2. The molecule has 5 rings (SSSR count). The van der Waals surface area contributed by atoms with Crippen LogP contribution >= 0.6 is 0 Å². The molecule has 6 heteroatoms. The molecule has 0 spiro atoms. The first-order valence-electron chi connectivity index (χ1n) is 8.68. The van der Waals surface area contributed by atoms with Crippen LogP contribution < -0.4 is 14.8 Å². The van der Waals surface area contributed by atoms with Gasteiger partial charge in [0, 0.05) is 22.5 Å². The molecule has 1 aliphatic rings. The SMILES string of the molecule is Cc1ccc2cc3cc(C(=O)Nc4ccc5c(c4)OCCO5)oc3nc2c1. The zero-order valence-corrected chi connectivity index (χ0v) is 14.6. The summed E-state index contributed by atoms with van der Waals surface area (Å²) >= 11 is 0. The standard InChI is InChI=1S/C21H16N2O4/c1-12-2-3-13-9-14-10-19(27-21(14)23-16(13)8-12)20(24)22-15-4-5-17-18(11-15)26-7-6-25-17/h2-5,8-11H,6-7H2,1H3,(H,22,24). The molecule has 0 bridgehead atoms. The summed E-state index contributed by atoms with van der Waals surface area (Å²) in [6.45, 7) is 3.03. The highest BCUT2D eigenvalue weighted by atomic mass is 16.6. The Labute approximate surface area is 154 Å². The molecule has 1 N–H and O–H groups in total. The van der Waals surface area contributed by atoms with Crippen LogP contribution in [0.1, 0.15) is 16.1 Å². The lowest BCUT2D eigenvalue weighted by atomic mass is 10.1. The first-order valence-corrected chi connectivity index (χ1v) is 8.68. The van der Waals surface area contributed by atoms with Crippen LogP contribution in [0, 0.1) is 6.92 Å². The average molecular weight is 360 g/mol. The summed E-state index contributed by atoms with van der Waals surface area (Å²) in [5, 5.41) is 4.62. The molecular weight excluding hydrogens is 344 g/mol. The monoisotopic (exact) mass is 360 g/mol. The van der Waals surface area contributed by atoms with E-state index in [1.165, 1.54) is 0 Å². The first-order chi connectivity index (χ1) is 13.2. The van der Waals surface area contributed by atoms with Crippen molar-refractivity contribution in [2.45, 2.75) is 6.92 Å². The van der Waals surface area contributed by atoms with Gasteiger partial charge in [0.25, 0.3) is 5.91 Å². The molecule has 0 atom stereocenters. The Morgan fingerprint density at radius 3 is 2.70 bits per heavy atom. The lowest BCUT2D eigenvalue weighted by molar-refractivity contribution is 0.0998. The number of carbonyl (C=O) groups is 1. The number of aromatic nitrogens is 1. The Morgan fingerprint density at radius 2 is 1.81 bits per heavy atom. The molecule has 4 aromatic rings. The van der Waals surface area contributed by atoms with Crippen LogP contribution in [0.25, 0.3) is 22.0 Å². The minimum atomic E-state index is -0.343. The molecule has 2 aromatic heterocycles. The van der Waals surface area contributed by atoms with Crippen molar-refractivity contribution in [3.05, 3.63) is 59.9 Å². The van der Waals surface area contributed by atoms with Gasteiger partial charge in [-0.05, 0) is 42.8 Å². The number of fused-ring (bicyclic) bond motifs is 3. The summed E-state index contributed by atoms with van der Waals surface area (Å²) in [5.41, 5.74) is 3.02. The van der Waals surface area contributed by atoms with Crippen molar-refractivity contribution < 1.29 is 18.7 Å². The number of carbonyl (C=O) groups excluding carboxylic acids is 1. The molecule has 1 aliphatic heterocycles. The zero-order chi connectivity index (χ0) is 18.4. The van der Waals surface area contributed by atoms with Crippen molar-refractivity contribution in [2.24, 2.45) is 0 Å². The second-order valence-corrected chi connectivity index (χ2v) is 6.50. The number of pyridine rings is 1. The molecular formula is C21H16N2O4. The summed E-state index contributed by atoms with van der Waals surface area (Å²) in [6.07, 6.45) is 0. The van der Waals surface area contributed by atoms with E-state index in [1.54, 1.807) is 24.3 Å². The van der Waals surface area contributed by atoms with Gasteiger partial charge in [0.15, 0.2) is 17.3 Å². The third-order valence-corrected chi connectivity index (χ3v) is 4.48. The minimum Gasteiger partial charge on any atom is -0.486 e. The Morgan fingerprint density at radius 1 is 0.963 bits per heavy atom. The molecule has 0 fully saturated rings. The van der Waals surface area contributed by atoms with Gasteiger partial charge < -0.3 is 19.2 Å². The van der Waals surface area contributed by atoms with Crippen LogP contribution in [-0.4, -0.2) is 24.1 Å². The van der Waals surface area contributed by atoms with E-state index in [-0.39, 0.29) is 11.7 Å². The topological polar surface area (TPSA) is 73.6 Å². The Hall–Kier alpha value is -3.54. The van der Waals surface area contributed by atoms with Gasteiger partial charge in [-0.3, -0.25) is 4.79 Å². The number of amides is 1. The van der Waals surface area contributed by atoms with Crippen molar-refractivity contribution in [3.63, 3.8) is 0 Å². The first kappa shape index (κ1) is 15.7. The maximum absolute atomic E-state index is 12.6. The number of nitrogens with one attached hydrogen (secondary N) is 1. The molecule has 0 saturated carbocycles. The zero-order valence-electron chi connectivity index (χ0n) is 14.6. The number of benzene rings is 2. The fourth-order valence-corrected chi connectivity index (χ4v) is 3.16. The highest BCUT2D eigenvalue weighted by molar-refractivity contribution is 6.05. The lowest BCUT2D eigenvalue weighted by Crippen LogP contribution is -2.16. The van der Waals surface area contributed by atoms with Gasteiger partial charge in [-0.2, -0.15) is 0 Å². The number of hydrogen-bond acceptors (Lipinski definition) is 5. The molecule has 0 aliphatic carbocycles. The molecule has 0 unspecified atom stereocenters. The van der Waals surface area contributed by atoms with Crippen molar-refractivity contribution in [2.75, 3.05) is 18.5 Å². The van der Waals surface area contributed by atoms with Crippen molar-refractivity contribution in [1.29, 1.82) is 0 Å². The summed E-state index contributed by atoms with van der Waals surface area (Å²) in [4.78, 5) is 17.1. The van der Waals surface area contributed by atoms with Crippen LogP contribution in [0.2, 0.25) is 0 Å². The number of hydrogen-bond donors (Lipinski definition) is 1. The van der Waals surface area contributed by atoms with Crippen LogP contribution in [0.4, 0.5) is 5.69 Å². The summed E-state index contributed by atoms with van der Waals surface area (Å²) < 4.78 is 16.7. The van der Waals surface area contributed by atoms with Crippen LogP contribution in [0.15, 0.2) is 52.9 Å². The smallest absolute Gasteiger partial charge is 0.291 e. The molecule has 0 saturated heterocycles. The predicted octanol–water partition coefficient (Wildman–Crippen LogP) is 4.31. The summed E-state index contributed by atoms with van der Waals surface area (Å²) in [7, 11) is 0. The second-order valence-electron chi connectivity index (χ2n) is 6.50. The van der Waals surface area contributed by atoms with E-state index in [1.807, 2.05) is 31.2 Å². The maximum Gasteiger partial charge on any atom is 0.291 e. The highest BCUT2D eigenvalue weighted by Gasteiger charge is 2.16. The van der Waals surface area contributed by atoms with Crippen molar-refractivity contribution in [1.82, 2.24) is 4.98 Å². The fourth-order valence-electron chi connectivity index (χ4n) is 3.16. The molecule has 1 amide bonds. The van der Waals surface area contributed by atoms with Crippen LogP contribution in [0.5, 0.6) is 11.5 Å².